The number of rotatable bonds is 5. The van der Waals surface area contributed by atoms with Crippen LogP contribution in [0, 0.1) is 13.8 Å². The van der Waals surface area contributed by atoms with Crippen molar-refractivity contribution < 1.29 is 18.9 Å². The Morgan fingerprint density at radius 3 is 2.24 bits per heavy atom. The van der Waals surface area contributed by atoms with Gasteiger partial charge in [-0.1, -0.05) is 53.7 Å². The Kier molecular flexibility index (Phi) is 5.01. The zero-order chi connectivity index (χ0) is 23.1. The lowest BCUT2D eigenvalue weighted by molar-refractivity contribution is -0.119. The van der Waals surface area contributed by atoms with Crippen LogP contribution in [0.1, 0.15) is 37.7 Å². The highest BCUT2D eigenvalue weighted by atomic mass is 16.5. The van der Waals surface area contributed by atoms with Crippen LogP contribution < -0.4 is 5.32 Å². The van der Waals surface area contributed by atoms with Gasteiger partial charge >= 0.3 is 0 Å². The topological polar surface area (TPSA) is 92.5 Å². The number of carbonyl (C=O) groups excluding carboxylic acids is 3. The number of aryl methyl sites for hydroxylation is 2. The second-order valence-electron chi connectivity index (χ2n) is 8.06. The van der Waals surface area contributed by atoms with Gasteiger partial charge in [0, 0.05) is 23.1 Å². The molecule has 0 fully saturated rings. The molecule has 0 spiro atoms. The Balaban J connectivity index is 1.55. The first-order valence-electron chi connectivity index (χ1n) is 10.6. The summed E-state index contributed by atoms with van der Waals surface area (Å²) in [5.41, 5.74) is 2.52. The number of carbonyl (C=O) groups is 3. The van der Waals surface area contributed by atoms with Gasteiger partial charge in [-0.15, -0.1) is 0 Å². The van der Waals surface area contributed by atoms with Crippen molar-refractivity contribution in [1.82, 2.24) is 10.1 Å². The van der Waals surface area contributed by atoms with Crippen LogP contribution in [0.25, 0.3) is 10.8 Å². The number of nitrogens with one attached hydrogen (secondary N) is 1. The molecule has 7 heteroatoms. The van der Waals surface area contributed by atoms with Crippen LogP contribution in [-0.2, 0) is 11.2 Å². The lowest BCUT2D eigenvalue weighted by Gasteiger charge is -2.25. The van der Waals surface area contributed by atoms with Crippen LogP contribution >= 0.6 is 0 Å². The SMILES string of the molecule is Cc1noc(C)c1CC(C(=O)Nc1cccc2ccccc12)N1C(=O)c2ccccc2C1=O. The number of hydrogen-bond acceptors (Lipinski definition) is 5. The summed E-state index contributed by atoms with van der Waals surface area (Å²) in [7, 11) is 0. The molecule has 33 heavy (non-hydrogen) atoms. The molecule has 4 aromatic rings. The van der Waals surface area contributed by atoms with Gasteiger partial charge in [0.15, 0.2) is 0 Å². The van der Waals surface area contributed by atoms with E-state index >= 15 is 0 Å². The van der Waals surface area contributed by atoms with Gasteiger partial charge in [-0.2, -0.15) is 0 Å². The Hall–Kier alpha value is -4.26. The van der Waals surface area contributed by atoms with E-state index in [-0.39, 0.29) is 6.42 Å². The molecule has 1 atom stereocenters. The minimum absolute atomic E-state index is 0.100. The number of amides is 3. The normalized spacial score (nSPS) is 13.9. The highest BCUT2D eigenvalue weighted by Gasteiger charge is 2.43. The summed E-state index contributed by atoms with van der Waals surface area (Å²) in [6.07, 6.45) is 0.100. The largest absolute Gasteiger partial charge is 0.361 e. The first-order valence-corrected chi connectivity index (χ1v) is 10.6. The van der Waals surface area contributed by atoms with Crippen LogP contribution in [0.15, 0.2) is 71.3 Å². The van der Waals surface area contributed by atoms with Gasteiger partial charge in [-0.25, -0.2) is 0 Å². The fraction of sp³-hybridized carbons (Fsp3) is 0.154. The third-order valence-electron chi connectivity index (χ3n) is 6.07. The molecule has 7 nitrogen and oxygen atoms in total. The molecule has 1 aliphatic rings. The van der Waals surface area contributed by atoms with Crippen molar-refractivity contribution >= 4 is 34.2 Å². The average molecular weight is 439 g/mol. The minimum Gasteiger partial charge on any atom is -0.361 e. The zero-order valence-electron chi connectivity index (χ0n) is 18.2. The van der Waals surface area contributed by atoms with Gasteiger partial charge in [0.2, 0.25) is 5.91 Å². The predicted octanol–water partition coefficient (Wildman–Crippen LogP) is 4.29. The first kappa shape index (κ1) is 20.6. The molecule has 3 aromatic carbocycles. The van der Waals surface area contributed by atoms with Gasteiger partial charge in [0.1, 0.15) is 11.8 Å². The molecule has 0 bridgehead atoms. The summed E-state index contributed by atoms with van der Waals surface area (Å²) in [6, 6.07) is 18.8. The van der Waals surface area contributed by atoms with E-state index in [2.05, 4.69) is 10.5 Å². The first-order chi connectivity index (χ1) is 16.0. The van der Waals surface area contributed by atoms with E-state index in [0.717, 1.165) is 15.7 Å². The Morgan fingerprint density at radius 1 is 0.939 bits per heavy atom. The summed E-state index contributed by atoms with van der Waals surface area (Å²) in [6.45, 7) is 3.52. The molecular formula is C26H21N3O4. The van der Waals surface area contributed by atoms with Crippen LogP contribution in [0.2, 0.25) is 0 Å². The second kappa shape index (κ2) is 8.02. The van der Waals surface area contributed by atoms with E-state index < -0.39 is 23.8 Å². The maximum absolute atomic E-state index is 13.6. The summed E-state index contributed by atoms with van der Waals surface area (Å²) >= 11 is 0. The van der Waals surface area contributed by atoms with Gasteiger partial charge in [-0.3, -0.25) is 19.3 Å². The van der Waals surface area contributed by atoms with Gasteiger partial charge in [0.05, 0.1) is 16.8 Å². The maximum Gasteiger partial charge on any atom is 0.262 e. The van der Waals surface area contributed by atoms with E-state index in [4.69, 9.17) is 4.52 Å². The monoisotopic (exact) mass is 439 g/mol. The molecule has 0 aliphatic carbocycles. The fourth-order valence-corrected chi connectivity index (χ4v) is 4.33. The van der Waals surface area contributed by atoms with E-state index in [0.29, 0.717) is 33.8 Å². The van der Waals surface area contributed by atoms with Crippen LogP contribution in [0.5, 0.6) is 0 Å². The Bertz CT molecular complexity index is 1360. The van der Waals surface area contributed by atoms with Crippen molar-refractivity contribution in [2.24, 2.45) is 0 Å². The van der Waals surface area contributed by atoms with Crippen molar-refractivity contribution in [2.45, 2.75) is 26.3 Å². The van der Waals surface area contributed by atoms with Crippen molar-refractivity contribution in [2.75, 3.05) is 5.32 Å². The van der Waals surface area contributed by atoms with Crippen LogP contribution in [0.4, 0.5) is 5.69 Å². The smallest absolute Gasteiger partial charge is 0.262 e. The average Bonchev–Trinajstić information content (AvgIpc) is 3.28. The number of fused-ring (bicyclic) bond motifs is 2. The molecule has 1 N–H and O–H groups in total. The van der Waals surface area contributed by atoms with Crippen LogP contribution in [0.3, 0.4) is 0 Å². The van der Waals surface area contributed by atoms with Crippen molar-refractivity contribution in [3.63, 3.8) is 0 Å². The molecule has 0 radical (unpaired) electrons. The molecule has 1 aromatic heterocycles. The predicted molar refractivity (Wildman–Crippen MR) is 123 cm³/mol. The van der Waals surface area contributed by atoms with Crippen LogP contribution in [-0.4, -0.2) is 33.8 Å². The van der Waals surface area contributed by atoms with Gasteiger partial charge < -0.3 is 9.84 Å². The standard InChI is InChI=1S/C26H21N3O4/c1-15-21(16(2)33-28-15)14-23(29-25(31)19-11-5-6-12-20(19)26(29)32)24(30)27-22-13-7-9-17-8-3-4-10-18(17)22/h3-13,23H,14H2,1-2H3,(H,27,30). The molecule has 1 aliphatic heterocycles. The lowest BCUT2D eigenvalue weighted by atomic mass is 10.0. The van der Waals surface area contributed by atoms with E-state index in [1.54, 1.807) is 44.2 Å². The quantitative estimate of drug-likeness (QED) is 0.468. The summed E-state index contributed by atoms with van der Waals surface area (Å²) in [5.74, 6) is -0.881. The molecule has 3 amide bonds. The number of nitrogens with zero attached hydrogens (tertiary/aromatic N) is 2. The zero-order valence-corrected chi connectivity index (χ0v) is 18.2. The second-order valence-corrected chi connectivity index (χ2v) is 8.06. The number of benzene rings is 3. The fourth-order valence-electron chi connectivity index (χ4n) is 4.33. The van der Waals surface area contributed by atoms with Crippen molar-refractivity contribution in [1.29, 1.82) is 0 Å². The number of hydrogen-bond donors (Lipinski definition) is 1. The lowest BCUT2D eigenvalue weighted by Crippen LogP contribution is -2.48. The third-order valence-corrected chi connectivity index (χ3v) is 6.07. The molecule has 0 saturated carbocycles. The molecule has 2 heterocycles. The van der Waals surface area contributed by atoms with Crippen molar-refractivity contribution in [3.8, 4) is 0 Å². The molecule has 0 saturated heterocycles. The Labute approximate surface area is 190 Å². The van der Waals surface area contributed by atoms with Gasteiger partial charge in [-0.05, 0) is 37.4 Å². The molecule has 164 valence electrons. The van der Waals surface area contributed by atoms with Gasteiger partial charge in [0.25, 0.3) is 11.8 Å². The summed E-state index contributed by atoms with van der Waals surface area (Å²) in [5, 5.41) is 8.75. The maximum atomic E-state index is 13.6. The number of imide groups is 1. The highest BCUT2D eigenvalue weighted by Crippen LogP contribution is 2.29. The molecular weight excluding hydrogens is 418 g/mol. The highest BCUT2D eigenvalue weighted by molar-refractivity contribution is 6.23. The van der Waals surface area contributed by atoms with Crippen molar-refractivity contribution in [3.05, 3.63) is 94.9 Å². The minimum atomic E-state index is -1.08. The summed E-state index contributed by atoms with van der Waals surface area (Å²) in [4.78, 5) is 41.1. The molecule has 1 unspecified atom stereocenters. The summed E-state index contributed by atoms with van der Waals surface area (Å²) < 4.78 is 5.26. The Morgan fingerprint density at radius 2 is 1.58 bits per heavy atom. The van der Waals surface area contributed by atoms with E-state index in [1.807, 2.05) is 36.4 Å². The third kappa shape index (κ3) is 3.47. The number of aromatic nitrogens is 1. The number of anilines is 1. The van der Waals surface area contributed by atoms with E-state index in [1.165, 1.54) is 0 Å². The molecule has 5 rings (SSSR count). The van der Waals surface area contributed by atoms with E-state index in [9.17, 15) is 14.4 Å².